The second-order valence-corrected chi connectivity index (χ2v) is 5.53. The Bertz CT molecular complexity index is 573. The van der Waals surface area contributed by atoms with Crippen LogP contribution in [0.25, 0.3) is 0 Å². The zero-order valence-corrected chi connectivity index (χ0v) is 11.3. The van der Waals surface area contributed by atoms with E-state index in [1.165, 1.54) is 18.6 Å². The number of hydrogen-bond acceptors (Lipinski definition) is 4. The predicted molar refractivity (Wildman–Crippen MR) is 72.5 cm³/mol. The van der Waals surface area contributed by atoms with Crippen LogP contribution in [-0.2, 0) is 12.0 Å². The molecule has 0 atom stereocenters. The minimum absolute atomic E-state index is 0.247. The van der Waals surface area contributed by atoms with Crippen LogP contribution in [-0.4, -0.2) is 10.1 Å². The van der Waals surface area contributed by atoms with Gasteiger partial charge in [-0.2, -0.15) is 4.98 Å². The SMILES string of the molecule is NC1(c2noc(Cc3ccc(F)cc3)n2)CCCCC1. The van der Waals surface area contributed by atoms with Gasteiger partial charge in [0.25, 0.3) is 0 Å². The molecule has 1 aromatic heterocycles. The van der Waals surface area contributed by atoms with Crippen molar-refractivity contribution in [2.75, 3.05) is 0 Å². The zero-order chi connectivity index (χ0) is 14.0. The van der Waals surface area contributed by atoms with Gasteiger partial charge in [0, 0.05) is 0 Å². The van der Waals surface area contributed by atoms with E-state index < -0.39 is 5.54 Å². The Balaban J connectivity index is 1.74. The van der Waals surface area contributed by atoms with Gasteiger partial charge in [-0.15, -0.1) is 0 Å². The standard InChI is InChI=1S/C15H18FN3O/c16-12-6-4-11(5-7-12)10-13-18-14(19-20-13)15(17)8-2-1-3-9-15/h4-7H,1-3,8-10,17H2. The predicted octanol–water partition coefficient (Wildman–Crippen LogP) is 2.92. The molecule has 1 heterocycles. The molecule has 0 bridgehead atoms. The molecule has 0 amide bonds. The van der Waals surface area contributed by atoms with E-state index >= 15 is 0 Å². The van der Waals surface area contributed by atoms with E-state index in [0.717, 1.165) is 31.2 Å². The van der Waals surface area contributed by atoms with Gasteiger partial charge in [-0.25, -0.2) is 4.39 Å². The number of aromatic nitrogens is 2. The lowest BCUT2D eigenvalue weighted by atomic mass is 9.82. The maximum Gasteiger partial charge on any atom is 0.231 e. The molecule has 2 aromatic rings. The topological polar surface area (TPSA) is 64.9 Å². The first-order valence-electron chi connectivity index (χ1n) is 7.02. The molecule has 5 heteroatoms. The van der Waals surface area contributed by atoms with Gasteiger partial charge < -0.3 is 10.3 Å². The molecule has 0 aliphatic heterocycles. The largest absolute Gasteiger partial charge is 0.339 e. The van der Waals surface area contributed by atoms with Crippen molar-refractivity contribution in [3.8, 4) is 0 Å². The highest BCUT2D eigenvalue weighted by Crippen LogP contribution is 2.33. The Labute approximate surface area is 117 Å². The van der Waals surface area contributed by atoms with Gasteiger partial charge in [0.1, 0.15) is 5.82 Å². The van der Waals surface area contributed by atoms with Crippen LogP contribution in [0.5, 0.6) is 0 Å². The highest BCUT2D eigenvalue weighted by molar-refractivity contribution is 5.19. The van der Waals surface area contributed by atoms with Crippen LogP contribution < -0.4 is 5.73 Å². The molecule has 0 radical (unpaired) electrons. The molecule has 1 fully saturated rings. The third-order valence-corrected chi connectivity index (χ3v) is 3.93. The normalized spacial score (nSPS) is 18.1. The highest BCUT2D eigenvalue weighted by atomic mass is 19.1. The van der Waals surface area contributed by atoms with E-state index in [2.05, 4.69) is 10.1 Å². The minimum Gasteiger partial charge on any atom is -0.339 e. The van der Waals surface area contributed by atoms with Crippen LogP contribution in [0.4, 0.5) is 4.39 Å². The van der Waals surface area contributed by atoms with Crippen molar-refractivity contribution in [1.29, 1.82) is 0 Å². The summed E-state index contributed by atoms with van der Waals surface area (Å²) in [6, 6.07) is 6.30. The molecule has 0 unspecified atom stereocenters. The molecule has 1 aromatic carbocycles. The second-order valence-electron chi connectivity index (χ2n) is 5.53. The number of hydrogen-bond donors (Lipinski definition) is 1. The Morgan fingerprint density at radius 3 is 2.55 bits per heavy atom. The van der Waals surface area contributed by atoms with E-state index in [-0.39, 0.29) is 5.82 Å². The summed E-state index contributed by atoms with van der Waals surface area (Å²) in [7, 11) is 0. The number of nitrogens with zero attached hydrogens (tertiary/aromatic N) is 2. The van der Waals surface area contributed by atoms with Crippen LogP contribution in [0, 0.1) is 5.82 Å². The van der Waals surface area contributed by atoms with Crippen LogP contribution in [0.1, 0.15) is 49.4 Å². The van der Waals surface area contributed by atoms with Crippen molar-refractivity contribution < 1.29 is 8.91 Å². The van der Waals surface area contributed by atoms with Crippen LogP contribution in [0.2, 0.25) is 0 Å². The monoisotopic (exact) mass is 275 g/mol. The van der Waals surface area contributed by atoms with Crippen LogP contribution in [0.3, 0.4) is 0 Å². The summed E-state index contributed by atoms with van der Waals surface area (Å²) in [5.41, 5.74) is 6.87. The molecule has 4 nitrogen and oxygen atoms in total. The Morgan fingerprint density at radius 1 is 1.15 bits per heavy atom. The van der Waals surface area contributed by atoms with Crippen molar-refractivity contribution in [2.45, 2.75) is 44.1 Å². The molecular formula is C15H18FN3O. The van der Waals surface area contributed by atoms with Gasteiger partial charge in [0.15, 0.2) is 5.82 Å². The highest BCUT2D eigenvalue weighted by Gasteiger charge is 2.34. The third-order valence-electron chi connectivity index (χ3n) is 3.93. The van der Waals surface area contributed by atoms with E-state index in [1.54, 1.807) is 12.1 Å². The lowest BCUT2D eigenvalue weighted by Crippen LogP contribution is -2.39. The number of benzene rings is 1. The molecule has 0 saturated heterocycles. The van der Waals surface area contributed by atoms with Crippen molar-refractivity contribution >= 4 is 0 Å². The molecule has 1 saturated carbocycles. The van der Waals surface area contributed by atoms with Gasteiger partial charge >= 0.3 is 0 Å². The molecule has 3 rings (SSSR count). The second kappa shape index (κ2) is 5.32. The van der Waals surface area contributed by atoms with E-state index in [9.17, 15) is 4.39 Å². The fourth-order valence-electron chi connectivity index (χ4n) is 2.71. The zero-order valence-electron chi connectivity index (χ0n) is 11.3. The summed E-state index contributed by atoms with van der Waals surface area (Å²) in [4.78, 5) is 4.43. The van der Waals surface area contributed by atoms with Gasteiger partial charge in [0.2, 0.25) is 5.89 Å². The van der Waals surface area contributed by atoms with Gasteiger partial charge in [-0.3, -0.25) is 0 Å². The first-order valence-corrected chi connectivity index (χ1v) is 7.02. The van der Waals surface area contributed by atoms with Crippen molar-refractivity contribution in [2.24, 2.45) is 5.73 Å². The number of rotatable bonds is 3. The van der Waals surface area contributed by atoms with Crippen LogP contribution in [0.15, 0.2) is 28.8 Å². The van der Waals surface area contributed by atoms with Gasteiger partial charge in [0.05, 0.1) is 12.0 Å². The van der Waals surface area contributed by atoms with Crippen molar-refractivity contribution in [3.63, 3.8) is 0 Å². The smallest absolute Gasteiger partial charge is 0.231 e. The quantitative estimate of drug-likeness (QED) is 0.935. The lowest BCUT2D eigenvalue weighted by Gasteiger charge is -2.29. The fraction of sp³-hybridized carbons (Fsp3) is 0.467. The maximum absolute atomic E-state index is 12.9. The first kappa shape index (κ1) is 13.2. The summed E-state index contributed by atoms with van der Waals surface area (Å²) in [6.45, 7) is 0. The molecule has 20 heavy (non-hydrogen) atoms. The molecule has 1 aliphatic rings. The Kier molecular flexibility index (Phi) is 3.53. The van der Waals surface area contributed by atoms with Crippen molar-refractivity contribution in [3.05, 3.63) is 47.4 Å². The van der Waals surface area contributed by atoms with Gasteiger partial charge in [-0.1, -0.05) is 36.6 Å². The lowest BCUT2D eigenvalue weighted by molar-refractivity contribution is 0.273. The third kappa shape index (κ3) is 2.72. The van der Waals surface area contributed by atoms with E-state index in [0.29, 0.717) is 18.1 Å². The number of halogens is 1. The van der Waals surface area contributed by atoms with Crippen LogP contribution >= 0.6 is 0 Å². The fourth-order valence-corrected chi connectivity index (χ4v) is 2.71. The first-order chi connectivity index (χ1) is 9.66. The molecule has 106 valence electrons. The van der Waals surface area contributed by atoms with Crippen molar-refractivity contribution in [1.82, 2.24) is 10.1 Å². The summed E-state index contributed by atoms with van der Waals surface area (Å²) in [5, 5.41) is 4.04. The molecule has 2 N–H and O–H groups in total. The summed E-state index contributed by atoms with van der Waals surface area (Å²) >= 11 is 0. The Morgan fingerprint density at radius 2 is 1.85 bits per heavy atom. The molecule has 1 aliphatic carbocycles. The summed E-state index contributed by atoms with van der Waals surface area (Å²) < 4.78 is 18.1. The summed E-state index contributed by atoms with van der Waals surface area (Å²) in [5.74, 6) is 0.888. The average Bonchev–Trinajstić information content (AvgIpc) is 2.92. The Hall–Kier alpha value is -1.75. The average molecular weight is 275 g/mol. The van der Waals surface area contributed by atoms with Gasteiger partial charge in [-0.05, 0) is 30.5 Å². The molecule has 0 spiro atoms. The minimum atomic E-state index is -0.442. The van der Waals surface area contributed by atoms with E-state index in [1.807, 2.05) is 0 Å². The number of nitrogens with two attached hydrogens (primary N) is 1. The molecular weight excluding hydrogens is 257 g/mol. The maximum atomic E-state index is 12.9. The summed E-state index contributed by atoms with van der Waals surface area (Å²) in [6.07, 6.45) is 5.75. The van der Waals surface area contributed by atoms with E-state index in [4.69, 9.17) is 10.3 Å².